The molecule has 0 aromatic heterocycles. The van der Waals surface area contributed by atoms with E-state index in [0.29, 0.717) is 19.3 Å². The van der Waals surface area contributed by atoms with Gasteiger partial charge in [-0.3, -0.25) is 9.59 Å². The molecule has 0 heterocycles. The van der Waals surface area contributed by atoms with Crippen LogP contribution >= 0.6 is 0 Å². The number of rotatable bonds is 7. The third-order valence-corrected chi connectivity index (χ3v) is 4.37. The van der Waals surface area contributed by atoms with Crippen molar-refractivity contribution in [1.29, 1.82) is 0 Å². The van der Waals surface area contributed by atoms with E-state index >= 15 is 0 Å². The highest BCUT2D eigenvalue weighted by molar-refractivity contribution is 5.88. The van der Waals surface area contributed by atoms with Crippen LogP contribution in [0.5, 0.6) is 0 Å². The van der Waals surface area contributed by atoms with Gasteiger partial charge in [0.25, 0.3) is 0 Å². The van der Waals surface area contributed by atoms with Crippen molar-refractivity contribution >= 4 is 23.8 Å². The van der Waals surface area contributed by atoms with Crippen LogP contribution in [0.2, 0.25) is 0 Å². The molecule has 0 bridgehead atoms. The number of amides is 2. The van der Waals surface area contributed by atoms with Gasteiger partial charge in [-0.25, -0.2) is 9.59 Å². The summed E-state index contributed by atoms with van der Waals surface area (Å²) in [5.74, 6) is -1.39. The number of carbonyl (C=O) groups excluding carboxylic acids is 4. The highest BCUT2D eigenvalue weighted by Crippen LogP contribution is 2.25. The Morgan fingerprint density at radius 3 is 2.63 bits per heavy atom. The molecule has 1 fully saturated rings. The highest BCUT2D eigenvalue weighted by atomic mass is 16.5. The van der Waals surface area contributed by atoms with Crippen LogP contribution in [0.15, 0.2) is 30.3 Å². The van der Waals surface area contributed by atoms with Gasteiger partial charge < -0.3 is 20.1 Å². The topological polar surface area (TPSA) is 111 Å². The van der Waals surface area contributed by atoms with Crippen molar-refractivity contribution in [1.82, 2.24) is 10.6 Å². The van der Waals surface area contributed by atoms with E-state index in [1.807, 2.05) is 30.3 Å². The molecule has 2 N–H and O–H groups in total. The first-order valence-corrected chi connectivity index (χ1v) is 8.83. The second-order valence-corrected chi connectivity index (χ2v) is 6.38. The van der Waals surface area contributed by atoms with Crippen molar-refractivity contribution in [3.05, 3.63) is 35.9 Å². The SMILES string of the molecule is COC(=O)[C@@H](NC(=O)CNC(=O)OCc1ccccc1)[C@H]1CCCC(=O)C1. The minimum Gasteiger partial charge on any atom is -0.467 e. The number of hydrogen-bond donors (Lipinski definition) is 2. The molecule has 8 heteroatoms. The minimum atomic E-state index is -0.908. The number of ether oxygens (including phenoxy) is 2. The Kier molecular flexibility index (Phi) is 7.79. The molecule has 146 valence electrons. The molecule has 27 heavy (non-hydrogen) atoms. The van der Waals surface area contributed by atoms with Crippen molar-refractivity contribution in [2.24, 2.45) is 5.92 Å². The molecule has 0 saturated heterocycles. The van der Waals surface area contributed by atoms with Crippen molar-refractivity contribution in [2.45, 2.75) is 38.3 Å². The third-order valence-electron chi connectivity index (χ3n) is 4.37. The summed E-state index contributed by atoms with van der Waals surface area (Å²) in [6.45, 7) is -0.259. The zero-order chi connectivity index (χ0) is 19.6. The van der Waals surface area contributed by atoms with Gasteiger partial charge in [-0.2, -0.15) is 0 Å². The second kappa shape index (κ2) is 10.3. The Morgan fingerprint density at radius 1 is 1.22 bits per heavy atom. The number of alkyl carbamates (subject to hydrolysis) is 1. The van der Waals surface area contributed by atoms with Gasteiger partial charge in [-0.1, -0.05) is 30.3 Å². The van der Waals surface area contributed by atoms with E-state index in [-0.39, 0.29) is 31.3 Å². The summed E-state index contributed by atoms with van der Waals surface area (Å²) in [7, 11) is 1.23. The molecule has 1 aromatic rings. The monoisotopic (exact) mass is 376 g/mol. The van der Waals surface area contributed by atoms with Crippen molar-refractivity contribution in [3.8, 4) is 0 Å². The Hall–Kier alpha value is -2.90. The molecule has 1 aliphatic carbocycles. The number of Topliss-reactive ketones (excluding diaryl/α,β-unsaturated/α-hetero) is 1. The van der Waals surface area contributed by atoms with Crippen molar-refractivity contribution < 1.29 is 28.7 Å². The van der Waals surface area contributed by atoms with E-state index in [1.165, 1.54) is 7.11 Å². The lowest BCUT2D eigenvalue weighted by atomic mass is 9.83. The molecule has 8 nitrogen and oxygen atoms in total. The van der Waals surface area contributed by atoms with Gasteiger partial charge in [-0.05, 0) is 24.3 Å². The van der Waals surface area contributed by atoms with Gasteiger partial charge in [-0.15, -0.1) is 0 Å². The quantitative estimate of drug-likeness (QED) is 0.695. The first kappa shape index (κ1) is 20.4. The number of esters is 1. The summed E-state index contributed by atoms with van der Waals surface area (Å²) in [6.07, 6.45) is 1.31. The van der Waals surface area contributed by atoms with Crippen LogP contribution in [-0.2, 0) is 30.5 Å². The van der Waals surface area contributed by atoms with Gasteiger partial charge in [0.1, 0.15) is 25.0 Å². The zero-order valence-electron chi connectivity index (χ0n) is 15.2. The predicted molar refractivity (Wildman–Crippen MR) is 95.5 cm³/mol. The second-order valence-electron chi connectivity index (χ2n) is 6.38. The Labute approximate surface area is 157 Å². The maximum Gasteiger partial charge on any atom is 0.407 e. The van der Waals surface area contributed by atoms with Crippen LogP contribution in [0.4, 0.5) is 4.79 Å². The van der Waals surface area contributed by atoms with Gasteiger partial charge in [0.2, 0.25) is 5.91 Å². The molecule has 2 amide bonds. The molecule has 1 aliphatic rings. The van der Waals surface area contributed by atoms with E-state index < -0.39 is 24.0 Å². The number of carbonyl (C=O) groups is 4. The van der Waals surface area contributed by atoms with Crippen LogP contribution in [0.1, 0.15) is 31.2 Å². The highest BCUT2D eigenvalue weighted by Gasteiger charge is 2.34. The lowest BCUT2D eigenvalue weighted by molar-refractivity contribution is -0.147. The molecule has 2 rings (SSSR count). The smallest absolute Gasteiger partial charge is 0.407 e. The number of nitrogens with one attached hydrogen (secondary N) is 2. The van der Waals surface area contributed by atoms with Gasteiger partial charge in [0, 0.05) is 12.8 Å². The Bertz CT molecular complexity index is 676. The molecule has 0 spiro atoms. The molecule has 2 atom stereocenters. The summed E-state index contributed by atoms with van der Waals surface area (Å²) in [5, 5.41) is 4.89. The number of ketones is 1. The largest absolute Gasteiger partial charge is 0.467 e. The standard InChI is InChI=1S/C19H24N2O6/c1-26-18(24)17(14-8-5-9-15(22)10-14)21-16(23)11-20-19(25)27-12-13-6-3-2-4-7-13/h2-4,6-7,14,17H,5,8-12H2,1H3,(H,20,25)(H,21,23)/t14-,17-/m0/s1. The number of hydrogen-bond acceptors (Lipinski definition) is 6. The van der Waals surface area contributed by atoms with Gasteiger partial charge in [0.05, 0.1) is 7.11 Å². The first-order valence-electron chi connectivity index (χ1n) is 8.83. The zero-order valence-corrected chi connectivity index (χ0v) is 15.2. The number of benzene rings is 1. The average molecular weight is 376 g/mol. The first-order chi connectivity index (χ1) is 13.0. The van der Waals surface area contributed by atoms with Crippen LogP contribution in [0.3, 0.4) is 0 Å². The maximum atomic E-state index is 12.1. The minimum absolute atomic E-state index is 0.0667. The summed E-state index contributed by atoms with van der Waals surface area (Å²) >= 11 is 0. The lowest BCUT2D eigenvalue weighted by Gasteiger charge is -2.28. The molecular formula is C19H24N2O6. The van der Waals surface area contributed by atoms with E-state index in [1.54, 1.807) is 0 Å². The summed E-state index contributed by atoms with van der Waals surface area (Å²) in [6, 6.07) is 8.22. The van der Waals surface area contributed by atoms with Crippen LogP contribution in [-0.4, -0.2) is 43.4 Å². The maximum absolute atomic E-state index is 12.1. The number of methoxy groups -OCH3 is 1. The van der Waals surface area contributed by atoms with E-state index in [4.69, 9.17) is 9.47 Å². The fraction of sp³-hybridized carbons (Fsp3) is 0.474. The lowest BCUT2D eigenvalue weighted by Crippen LogP contribution is -2.50. The van der Waals surface area contributed by atoms with E-state index in [0.717, 1.165) is 5.56 Å². The van der Waals surface area contributed by atoms with Crippen LogP contribution in [0.25, 0.3) is 0 Å². The van der Waals surface area contributed by atoms with Crippen LogP contribution in [0, 0.1) is 5.92 Å². The Balaban J connectivity index is 1.79. The summed E-state index contributed by atoms with van der Waals surface area (Å²) in [4.78, 5) is 47.4. The van der Waals surface area contributed by atoms with Crippen LogP contribution < -0.4 is 10.6 Å². The fourth-order valence-corrected chi connectivity index (χ4v) is 2.99. The average Bonchev–Trinajstić information content (AvgIpc) is 2.69. The van der Waals surface area contributed by atoms with Crippen molar-refractivity contribution in [3.63, 3.8) is 0 Å². The summed E-state index contributed by atoms with van der Waals surface area (Å²) in [5.41, 5.74) is 0.824. The molecule has 0 unspecified atom stereocenters. The summed E-state index contributed by atoms with van der Waals surface area (Å²) < 4.78 is 9.75. The predicted octanol–water partition coefficient (Wildman–Crippen LogP) is 1.33. The molecule has 1 saturated carbocycles. The molecule has 1 aromatic carbocycles. The van der Waals surface area contributed by atoms with E-state index in [2.05, 4.69) is 10.6 Å². The molecular weight excluding hydrogens is 352 g/mol. The van der Waals surface area contributed by atoms with E-state index in [9.17, 15) is 19.2 Å². The molecule has 0 radical (unpaired) electrons. The third kappa shape index (κ3) is 6.73. The fourth-order valence-electron chi connectivity index (χ4n) is 2.99. The van der Waals surface area contributed by atoms with Gasteiger partial charge >= 0.3 is 12.1 Å². The molecule has 0 aliphatic heterocycles. The van der Waals surface area contributed by atoms with Crippen molar-refractivity contribution in [2.75, 3.05) is 13.7 Å². The normalized spacial score (nSPS) is 17.5. The Morgan fingerprint density at radius 2 is 1.96 bits per heavy atom. The van der Waals surface area contributed by atoms with Gasteiger partial charge in [0.15, 0.2) is 0 Å².